The molecule has 2 aliphatic rings. The molecule has 1 saturated heterocycles. The Kier molecular flexibility index (Phi) is 6.50. The van der Waals surface area contributed by atoms with Gasteiger partial charge in [-0.3, -0.25) is 13.9 Å². The van der Waals surface area contributed by atoms with Gasteiger partial charge >= 0.3 is 0 Å². The number of piperazine rings is 1. The molecule has 1 aromatic heterocycles. The maximum absolute atomic E-state index is 12.8. The van der Waals surface area contributed by atoms with Crippen LogP contribution in [0.4, 0.5) is 0 Å². The van der Waals surface area contributed by atoms with Crippen LogP contribution in [0.2, 0.25) is 0 Å². The van der Waals surface area contributed by atoms with E-state index in [0.29, 0.717) is 17.6 Å². The van der Waals surface area contributed by atoms with Crippen molar-refractivity contribution in [1.29, 1.82) is 0 Å². The van der Waals surface area contributed by atoms with Gasteiger partial charge in [0.05, 0.1) is 16.6 Å². The van der Waals surface area contributed by atoms with Crippen LogP contribution < -0.4 is 0 Å². The van der Waals surface area contributed by atoms with Crippen LogP contribution in [0.3, 0.4) is 0 Å². The third kappa shape index (κ3) is 4.98. The molecule has 4 rings (SSSR count). The van der Waals surface area contributed by atoms with Gasteiger partial charge in [-0.1, -0.05) is 31.4 Å². The number of furan rings is 1. The number of carbonyl (C=O) groups excluding carboxylic acids is 1. The smallest absolute Gasteiger partial charge is 0.289 e. The summed E-state index contributed by atoms with van der Waals surface area (Å²) < 4.78 is 18.4. The highest BCUT2D eigenvalue weighted by molar-refractivity contribution is 7.84. The Morgan fingerprint density at radius 3 is 2.55 bits per heavy atom. The van der Waals surface area contributed by atoms with Gasteiger partial charge in [0.1, 0.15) is 5.76 Å². The summed E-state index contributed by atoms with van der Waals surface area (Å²) in [7, 11) is -1.18. The van der Waals surface area contributed by atoms with Crippen LogP contribution in [-0.2, 0) is 16.6 Å². The molecule has 0 bridgehead atoms. The van der Waals surface area contributed by atoms with Crippen molar-refractivity contribution in [3.63, 3.8) is 0 Å². The Morgan fingerprint density at radius 1 is 1.07 bits per heavy atom. The molecule has 2 heterocycles. The van der Waals surface area contributed by atoms with E-state index in [1.807, 2.05) is 36.1 Å². The minimum atomic E-state index is -1.18. The van der Waals surface area contributed by atoms with Gasteiger partial charge in [-0.05, 0) is 49.6 Å². The van der Waals surface area contributed by atoms with Gasteiger partial charge in [0, 0.05) is 37.1 Å². The lowest BCUT2D eigenvalue weighted by molar-refractivity contribution is 0.0496. The van der Waals surface area contributed by atoms with Crippen molar-refractivity contribution in [2.24, 2.45) is 0 Å². The van der Waals surface area contributed by atoms with Crippen LogP contribution in [0, 0.1) is 6.92 Å². The number of benzene rings is 1. The predicted octanol–water partition coefficient (Wildman–Crippen LogP) is 3.99. The molecule has 0 radical (unpaired) electrons. The molecule has 1 aliphatic carbocycles. The molecule has 1 aromatic carbocycles. The molecule has 1 saturated carbocycles. The Bertz CT molecular complexity index is 865. The first-order valence-corrected chi connectivity index (χ1v) is 12.0. The zero-order valence-corrected chi connectivity index (χ0v) is 18.0. The third-order valence-corrected chi connectivity index (χ3v) is 7.42. The van der Waals surface area contributed by atoms with E-state index in [-0.39, 0.29) is 11.7 Å². The number of hydrogen-bond donors (Lipinski definition) is 0. The summed E-state index contributed by atoms with van der Waals surface area (Å²) in [6.45, 7) is 5.38. The lowest BCUT2D eigenvalue weighted by atomic mass is 9.94. The van der Waals surface area contributed by atoms with Gasteiger partial charge in [0.15, 0.2) is 5.76 Å². The third-order valence-electron chi connectivity index (χ3n) is 6.09. The number of rotatable bonds is 5. The topological polar surface area (TPSA) is 53.8 Å². The second kappa shape index (κ2) is 9.26. The van der Waals surface area contributed by atoms with E-state index in [1.165, 1.54) is 32.1 Å². The van der Waals surface area contributed by atoms with Crippen molar-refractivity contribution in [2.45, 2.75) is 55.7 Å². The Labute approximate surface area is 175 Å². The maximum atomic E-state index is 12.8. The maximum Gasteiger partial charge on any atom is 0.289 e. The molecular weight excluding hydrogens is 384 g/mol. The van der Waals surface area contributed by atoms with Crippen molar-refractivity contribution >= 4 is 16.7 Å². The minimum absolute atomic E-state index is 0.0547. The first-order chi connectivity index (χ1) is 14.1. The molecule has 0 unspecified atom stereocenters. The highest BCUT2D eigenvalue weighted by Crippen LogP contribution is 2.24. The molecule has 1 amide bonds. The molecule has 0 spiro atoms. The molecule has 5 nitrogen and oxygen atoms in total. The van der Waals surface area contributed by atoms with Crippen molar-refractivity contribution in [3.05, 3.63) is 53.5 Å². The van der Waals surface area contributed by atoms with E-state index in [1.54, 1.807) is 12.1 Å². The van der Waals surface area contributed by atoms with E-state index in [4.69, 9.17) is 4.42 Å². The van der Waals surface area contributed by atoms with Crippen LogP contribution in [0.25, 0.3) is 0 Å². The number of nitrogens with zero attached hydrogens (tertiary/aromatic N) is 2. The van der Waals surface area contributed by atoms with Gasteiger partial charge in [0.2, 0.25) is 0 Å². The molecule has 0 N–H and O–H groups in total. The van der Waals surface area contributed by atoms with Crippen LogP contribution >= 0.6 is 0 Å². The highest BCUT2D eigenvalue weighted by atomic mass is 32.2. The normalized spacial score (nSPS) is 20.0. The first-order valence-electron chi connectivity index (χ1n) is 10.7. The molecule has 29 heavy (non-hydrogen) atoms. The van der Waals surface area contributed by atoms with Crippen molar-refractivity contribution in [2.75, 3.05) is 26.2 Å². The first kappa shape index (κ1) is 20.4. The minimum Gasteiger partial charge on any atom is -0.455 e. The van der Waals surface area contributed by atoms with Gasteiger partial charge in [-0.25, -0.2) is 0 Å². The molecule has 1 atom stereocenters. The molecule has 156 valence electrons. The second-order valence-corrected chi connectivity index (χ2v) is 9.64. The molecule has 6 heteroatoms. The number of carbonyl (C=O) groups is 1. The lowest BCUT2D eigenvalue weighted by Gasteiger charge is -2.40. The summed E-state index contributed by atoms with van der Waals surface area (Å²) in [6, 6.07) is 11.9. The van der Waals surface area contributed by atoms with Crippen molar-refractivity contribution in [3.8, 4) is 0 Å². The summed E-state index contributed by atoms with van der Waals surface area (Å²) >= 11 is 0. The quantitative estimate of drug-likeness (QED) is 0.742. The van der Waals surface area contributed by atoms with E-state index >= 15 is 0 Å². The lowest BCUT2D eigenvalue weighted by Crippen LogP contribution is -2.52. The summed E-state index contributed by atoms with van der Waals surface area (Å²) in [5.74, 6) is 1.17. The van der Waals surface area contributed by atoms with Crippen molar-refractivity contribution < 1.29 is 13.4 Å². The van der Waals surface area contributed by atoms with Crippen LogP contribution in [0.1, 0.15) is 54.0 Å². The van der Waals surface area contributed by atoms with Gasteiger partial charge in [0.25, 0.3) is 5.91 Å². The number of amides is 1. The van der Waals surface area contributed by atoms with E-state index in [0.717, 1.165) is 36.6 Å². The molecule has 1 aliphatic heterocycles. The largest absolute Gasteiger partial charge is 0.455 e. The Morgan fingerprint density at radius 2 is 1.83 bits per heavy atom. The number of hydrogen-bond acceptors (Lipinski definition) is 4. The fraction of sp³-hybridized carbons (Fsp3) is 0.522. The van der Waals surface area contributed by atoms with E-state index in [9.17, 15) is 9.00 Å². The molecule has 2 aromatic rings. The standard InChI is InChI=1S/C23H30N2O3S/c1-18-6-5-9-21(16-18)29(27)17-20-10-11-22(28-20)23(26)25-14-12-24(13-15-25)19-7-3-2-4-8-19/h5-6,9-11,16,19H,2-4,7-8,12-15,17H2,1H3/t29-/m1/s1. The van der Waals surface area contributed by atoms with Crippen molar-refractivity contribution in [1.82, 2.24) is 9.80 Å². The zero-order chi connectivity index (χ0) is 20.2. The average molecular weight is 415 g/mol. The SMILES string of the molecule is Cc1cccc([S@](=O)Cc2ccc(C(=O)N3CCN(C4CCCCC4)CC3)o2)c1. The molecule has 2 fully saturated rings. The second-order valence-electron chi connectivity index (χ2n) is 8.19. The summed E-state index contributed by atoms with van der Waals surface area (Å²) in [5.41, 5.74) is 1.08. The highest BCUT2D eigenvalue weighted by Gasteiger charge is 2.28. The molecular formula is C23H30N2O3S. The van der Waals surface area contributed by atoms with Crippen LogP contribution in [0.15, 0.2) is 45.7 Å². The van der Waals surface area contributed by atoms with Gasteiger partial charge in [-0.15, -0.1) is 0 Å². The average Bonchev–Trinajstić information content (AvgIpc) is 3.22. The van der Waals surface area contributed by atoms with E-state index in [2.05, 4.69) is 4.90 Å². The fourth-order valence-corrected chi connectivity index (χ4v) is 5.56. The summed E-state index contributed by atoms with van der Waals surface area (Å²) in [4.78, 5) is 18.1. The fourth-order valence-electron chi connectivity index (χ4n) is 4.43. The monoisotopic (exact) mass is 414 g/mol. The Hall–Kier alpha value is -1.92. The summed E-state index contributed by atoms with van der Waals surface area (Å²) in [5, 5.41) is 0. The number of aryl methyl sites for hydroxylation is 1. The van der Waals surface area contributed by atoms with Crippen LogP contribution in [0.5, 0.6) is 0 Å². The van der Waals surface area contributed by atoms with Gasteiger partial charge < -0.3 is 9.32 Å². The zero-order valence-electron chi connectivity index (χ0n) is 17.1. The van der Waals surface area contributed by atoms with E-state index < -0.39 is 10.8 Å². The predicted molar refractivity (Wildman–Crippen MR) is 114 cm³/mol. The van der Waals surface area contributed by atoms with Crippen LogP contribution in [-0.4, -0.2) is 52.1 Å². The Balaban J connectivity index is 1.32. The van der Waals surface area contributed by atoms with Gasteiger partial charge in [-0.2, -0.15) is 0 Å². The summed E-state index contributed by atoms with van der Waals surface area (Å²) in [6.07, 6.45) is 6.64.